The largest absolute Gasteiger partial charge is 0.444 e. The molecule has 1 aliphatic carbocycles. The maximum Gasteiger partial charge on any atom is 0.410 e. The second-order valence-electron chi connectivity index (χ2n) is 6.66. The summed E-state index contributed by atoms with van der Waals surface area (Å²) in [7, 11) is 0. The minimum Gasteiger partial charge on any atom is -0.444 e. The number of terminal acetylenes is 1. The average Bonchev–Trinajstić information content (AvgIpc) is 2.07. The molecule has 0 radical (unpaired) electrons. The number of likely N-dealkylation sites (tertiary alicyclic amines) is 1. The van der Waals surface area contributed by atoms with E-state index >= 15 is 0 Å². The molecule has 0 aromatic rings. The molecule has 0 aromatic carbocycles. The van der Waals surface area contributed by atoms with E-state index in [9.17, 15) is 4.79 Å². The number of carbonyl (C=O) groups is 1. The van der Waals surface area contributed by atoms with E-state index in [0.29, 0.717) is 0 Å². The highest BCUT2D eigenvalue weighted by Gasteiger charge is 2.61. The molecule has 0 atom stereocenters. The van der Waals surface area contributed by atoms with E-state index in [4.69, 9.17) is 11.2 Å². The molecular formula is C14H21NO2. The summed E-state index contributed by atoms with van der Waals surface area (Å²) < 4.78 is 5.41. The number of nitrogens with zero attached hydrogens (tertiary/aromatic N) is 1. The van der Waals surface area contributed by atoms with E-state index in [1.807, 2.05) is 25.7 Å². The normalized spacial score (nSPS) is 35.8. The fraction of sp³-hybridized carbons (Fsp3) is 0.786. The number of hydrogen-bond donors (Lipinski definition) is 0. The molecule has 2 rings (SSSR count). The lowest BCUT2D eigenvalue weighted by Gasteiger charge is -2.63. The van der Waals surface area contributed by atoms with Crippen molar-refractivity contribution in [2.45, 2.75) is 58.1 Å². The van der Waals surface area contributed by atoms with E-state index < -0.39 is 5.60 Å². The van der Waals surface area contributed by atoms with Crippen LogP contribution in [0.5, 0.6) is 0 Å². The van der Waals surface area contributed by atoms with Crippen molar-refractivity contribution in [3.05, 3.63) is 0 Å². The van der Waals surface area contributed by atoms with Crippen LogP contribution in [0.3, 0.4) is 0 Å². The standard InChI is InChI=1S/C14H21NO2/c1-6-13(5)9-14(10-13)7-8-15(14)11(16)17-12(2,3)4/h1H,7-10H2,2-5H3. The molecular weight excluding hydrogens is 214 g/mol. The van der Waals surface area contributed by atoms with Crippen LogP contribution in [-0.4, -0.2) is 28.7 Å². The first kappa shape index (κ1) is 12.3. The van der Waals surface area contributed by atoms with Gasteiger partial charge in [0, 0.05) is 12.0 Å². The van der Waals surface area contributed by atoms with E-state index in [1.54, 1.807) is 0 Å². The highest BCUT2D eigenvalue weighted by atomic mass is 16.6. The summed E-state index contributed by atoms with van der Waals surface area (Å²) in [5.74, 6) is 2.83. The third kappa shape index (κ3) is 2.01. The molecule has 3 nitrogen and oxygen atoms in total. The molecule has 94 valence electrons. The summed E-state index contributed by atoms with van der Waals surface area (Å²) in [6.45, 7) is 8.57. The Morgan fingerprint density at radius 1 is 1.41 bits per heavy atom. The quantitative estimate of drug-likeness (QED) is 0.604. The van der Waals surface area contributed by atoms with Gasteiger partial charge in [-0.25, -0.2) is 4.79 Å². The van der Waals surface area contributed by atoms with Crippen molar-refractivity contribution in [1.82, 2.24) is 4.90 Å². The minimum atomic E-state index is -0.424. The average molecular weight is 235 g/mol. The molecule has 0 aromatic heterocycles. The summed E-state index contributed by atoms with van der Waals surface area (Å²) >= 11 is 0. The molecule has 1 spiro atoms. The molecule has 3 heteroatoms. The highest BCUT2D eigenvalue weighted by molar-refractivity contribution is 5.71. The smallest absolute Gasteiger partial charge is 0.410 e. The van der Waals surface area contributed by atoms with E-state index in [1.165, 1.54) is 0 Å². The van der Waals surface area contributed by atoms with Crippen molar-refractivity contribution in [3.8, 4) is 12.3 Å². The first-order chi connectivity index (χ1) is 7.70. The first-order valence-corrected chi connectivity index (χ1v) is 6.18. The molecule has 1 amide bonds. The van der Waals surface area contributed by atoms with Gasteiger partial charge in [-0.05, 0) is 47.0 Å². The van der Waals surface area contributed by atoms with Crippen LogP contribution in [0.25, 0.3) is 0 Å². The topological polar surface area (TPSA) is 29.5 Å². The second kappa shape index (κ2) is 3.41. The van der Waals surface area contributed by atoms with E-state index in [2.05, 4.69) is 12.8 Å². The van der Waals surface area contributed by atoms with Crippen molar-refractivity contribution >= 4 is 6.09 Å². The predicted octanol–water partition coefficient (Wildman–Crippen LogP) is 2.80. The fourth-order valence-corrected chi connectivity index (χ4v) is 3.01. The van der Waals surface area contributed by atoms with Gasteiger partial charge < -0.3 is 9.64 Å². The van der Waals surface area contributed by atoms with Gasteiger partial charge in [-0.2, -0.15) is 0 Å². The predicted molar refractivity (Wildman–Crippen MR) is 66.5 cm³/mol. The molecule has 1 saturated heterocycles. The van der Waals surface area contributed by atoms with Crippen molar-refractivity contribution in [1.29, 1.82) is 0 Å². The first-order valence-electron chi connectivity index (χ1n) is 6.18. The van der Waals surface area contributed by atoms with Crippen LogP contribution < -0.4 is 0 Å². The van der Waals surface area contributed by atoms with Crippen LogP contribution in [-0.2, 0) is 4.74 Å². The Labute approximate surface area is 104 Å². The lowest BCUT2D eigenvalue weighted by atomic mass is 9.54. The summed E-state index contributed by atoms with van der Waals surface area (Å²) in [6.07, 6.45) is 8.20. The Hall–Kier alpha value is -1.17. The van der Waals surface area contributed by atoms with Gasteiger partial charge >= 0.3 is 6.09 Å². The van der Waals surface area contributed by atoms with Crippen LogP contribution >= 0.6 is 0 Å². The zero-order valence-electron chi connectivity index (χ0n) is 11.2. The van der Waals surface area contributed by atoms with Gasteiger partial charge in [0.1, 0.15) is 5.60 Å². The van der Waals surface area contributed by atoms with E-state index in [-0.39, 0.29) is 17.0 Å². The van der Waals surface area contributed by atoms with Crippen molar-refractivity contribution < 1.29 is 9.53 Å². The van der Waals surface area contributed by atoms with Crippen molar-refractivity contribution in [2.24, 2.45) is 5.41 Å². The van der Waals surface area contributed by atoms with Gasteiger partial charge in [-0.15, -0.1) is 12.3 Å². The Morgan fingerprint density at radius 3 is 2.35 bits per heavy atom. The maximum absolute atomic E-state index is 12.0. The number of hydrogen-bond acceptors (Lipinski definition) is 2. The van der Waals surface area contributed by atoms with Crippen LogP contribution in [0.15, 0.2) is 0 Å². The number of carbonyl (C=O) groups excluding carboxylic acids is 1. The SMILES string of the molecule is C#CC1(C)CC2(CCN2C(=O)OC(C)(C)C)C1. The molecule has 0 unspecified atom stereocenters. The number of rotatable bonds is 0. The van der Waals surface area contributed by atoms with Gasteiger partial charge in [0.05, 0.1) is 5.54 Å². The molecule has 2 aliphatic rings. The fourth-order valence-electron chi connectivity index (χ4n) is 3.01. The molecule has 1 saturated carbocycles. The third-order valence-corrected chi connectivity index (χ3v) is 3.77. The van der Waals surface area contributed by atoms with Gasteiger partial charge in [0.2, 0.25) is 0 Å². The van der Waals surface area contributed by atoms with Crippen LogP contribution in [0, 0.1) is 17.8 Å². The Morgan fingerprint density at radius 2 is 2.00 bits per heavy atom. The Bertz CT molecular complexity index is 380. The molecule has 1 aliphatic heterocycles. The Balaban J connectivity index is 1.98. The van der Waals surface area contributed by atoms with E-state index in [0.717, 1.165) is 25.8 Å². The molecule has 0 bridgehead atoms. The lowest BCUT2D eigenvalue weighted by molar-refractivity contribution is -0.118. The van der Waals surface area contributed by atoms with Gasteiger partial charge in [0.25, 0.3) is 0 Å². The van der Waals surface area contributed by atoms with Crippen molar-refractivity contribution in [2.75, 3.05) is 6.54 Å². The molecule has 0 N–H and O–H groups in total. The summed E-state index contributed by atoms with van der Waals surface area (Å²) in [6, 6.07) is 0. The minimum absolute atomic E-state index is 0.00343. The maximum atomic E-state index is 12.0. The summed E-state index contributed by atoms with van der Waals surface area (Å²) in [5.41, 5.74) is -0.447. The Kier molecular flexibility index (Phi) is 2.47. The van der Waals surface area contributed by atoms with Gasteiger partial charge in [0.15, 0.2) is 0 Å². The van der Waals surface area contributed by atoms with Crippen LogP contribution in [0.1, 0.15) is 47.0 Å². The summed E-state index contributed by atoms with van der Waals surface area (Å²) in [4.78, 5) is 13.9. The molecule has 2 fully saturated rings. The van der Waals surface area contributed by atoms with Crippen molar-refractivity contribution in [3.63, 3.8) is 0 Å². The number of amides is 1. The van der Waals surface area contributed by atoms with Crippen LogP contribution in [0.2, 0.25) is 0 Å². The van der Waals surface area contributed by atoms with Gasteiger partial charge in [-0.1, -0.05) is 0 Å². The zero-order chi connectivity index (χ0) is 12.9. The second-order valence-corrected chi connectivity index (χ2v) is 6.66. The zero-order valence-corrected chi connectivity index (χ0v) is 11.2. The summed E-state index contributed by atoms with van der Waals surface area (Å²) in [5, 5.41) is 0. The number of ether oxygens (including phenoxy) is 1. The molecule has 17 heavy (non-hydrogen) atoms. The highest BCUT2D eigenvalue weighted by Crippen LogP contribution is 2.57. The van der Waals surface area contributed by atoms with Crippen LogP contribution in [0.4, 0.5) is 4.79 Å². The molecule has 1 heterocycles. The lowest BCUT2D eigenvalue weighted by Crippen LogP contribution is -2.70. The third-order valence-electron chi connectivity index (χ3n) is 3.77. The van der Waals surface area contributed by atoms with Gasteiger partial charge in [-0.3, -0.25) is 0 Å². The monoisotopic (exact) mass is 235 g/mol.